The molecular weight excluding hydrogens is 616 g/mol. The van der Waals surface area contributed by atoms with Gasteiger partial charge in [-0.25, -0.2) is 13.8 Å². The fraction of sp³-hybridized carbons (Fsp3) is 0.688. The molecule has 47 heavy (non-hydrogen) atoms. The highest BCUT2D eigenvalue weighted by Crippen LogP contribution is 2.42. The molecule has 7 atom stereocenters. The lowest BCUT2D eigenvalue weighted by molar-refractivity contribution is -0.145. The second-order valence-corrected chi connectivity index (χ2v) is 13.1. The van der Waals surface area contributed by atoms with Crippen molar-refractivity contribution in [1.29, 1.82) is 0 Å². The predicted molar refractivity (Wildman–Crippen MR) is 167 cm³/mol. The zero-order chi connectivity index (χ0) is 35.0. The highest BCUT2D eigenvalue weighted by atomic mass is 19.3. The summed E-state index contributed by atoms with van der Waals surface area (Å²) in [4.78, 5) is 88.8. The summed E-state index contributed by atoms with van der Waals surface area (Å²) in [5.41, 5.74) is 0.0147. The maximum absolute atomic E-state index is 14.1. The van der Waals surface area contributed by atoms with E-state index in [0.717, 1.165) is 12.8 Å². The number of carbonyl (C=O) groups is 6. The summed E-state index contributed by atoms with van der Waals surface area (Å²) in [6.45, 7) is 10.6. The number of aromatic nitrogens is 2. The van der Waals surface area contributed by atoms with Crippen LogP contribution in [-0.4, -0.2) is 93.4 Å². The summed E-state index contributed by atoms with van der Waals surface area (Å²) < 4.78 is 27.1. The Morgan fingerprint density at radius 3 is 2.17 bits per heavy atom. The van der Waals surface area contributed by atoms with E-state index >= 15 is 0 Å². The molecular formula is C32H47F2N7O6. The number of alkyl halides is 2. The van der Waals surface area contributed by atoms with E-state index in [9.17, 15) is 37.5 Å². The Morgan fingerprint density at radius 2 is 1.60 bits per heavy atom. The Bertz CT molecular complexity index is 1300. The Balaban J connectivity index is 1.82. The van der Waals surface area contributed by atoms with Crippen LogP contribution in [0.1, 0.15) is 84.1 Å². The maximum Gasteiger partial charge on any atom is 0.289 e. The molecule has 3 rings (SSSR count). The summed E-state index contributed by atoms with van der Waals surface area (Å²) >= 11 is 0. The molecule has 1 aliphatic heterocycles. The number of fused-ring (bicyclic) bond motifs is 1. The average Bonchev–Trinajstić information content (AvgIpc) is 3.62. The number of amides is 5. The van der Waals surface area contributed by atoms with Gasteiger partial charge in [0, 0.05) is 31.4 Å². The summed E-state index contributed by atoms with van der Waals surface area (Å²) in [6, 6.07) is -5.37. The molecule has 2 aliphatic rings. The summed E-state index contributed by atoms with van der Waals surface area (Å²) in [5, 5.41) is 10.2. The largest absolute Gasteiger partial charge is 0.347 e. The molecule has 1 unspecified atom stereocenters. The van der Waals surface area contributed by atoms with Gasteiger partial charge in [0.25, 0.3) is 11.8 Å². The number of nitrogens with zero attached hydrogens (tertiary/aromatic N) is 3. The number of ketones is 1. The number of halogens is 2. The van der Waals surface area contributed by atoms with Gasteiger partial charge >= 0.3 is 0 Å². The predicted octanol–water partition coefficient (Wildman–Crippen LogP) is 1.62. The van der Waals surface area contributed by atoms with E-state index in [1.54, 1.807) is 41.5 Å². The molecule has 15 heteroatoms. The molecule has 1 saturated heterocycles. The average molecular weight is 664 g/mol. The molecule has 2 heterocycles. The minimum Gasteiger partial charge on any atom is -0.347 e. The molecule has 1 saturated carbocycles. The molecule has 4 N–H and O–H groups in total. The van der Waals surface area contributed by atoms with E-state index in [1.165, 1.54) is 23.5 Å². The second-order valence-electron chi connectivity index (χ2n) is 13.1. The zero-order valence-electron chi connectivity index (χ0n) is 27.8. The first-order valence-corrected chi connectivity index (χ1v) is 16.3. The molecule has 0 spiro atoms. The highest BCUT2D eigenvalue weighted by Gasteiger charge is 2.51. The minimum atomic E-state index is -2.98. The van der Waals surface area contributed by atoms with Gasteiger partial charge in [-0.15, -0.1) is 0 Å². The van der Waals surface area contributed by atoms with Gasteiger partial charge < -0.3 is 26.2 Å². The molecule has 0 bridgehead atoms. The van der Waals surface area contributed by atoms with Crippen molar-refractivity contribution >= 4 is 35.3 Å². The van der Waals surface area contributed by atoms with Crippen LogP contribution in [0.2, 0.25) is 0 Å². The lowest BCUT2D eigenvalue weighted by Crippen LogP contribution is -2.60. The van der Waals surface area contributed by atoms with Gasteiger partial charge in [0.2, 0.25) is 29.9 Å². The molecule has 1 aromatic rings. The number of hydrogen-bond donors (Lipinski definition) is 4. The Morgan fingerprint density at radius 1 is 0.915 bits per heavy atom. The van der Waals surface area contributed by atoms with E-state index in [1.807, 2.05) is 0 Å². The van der Waals surface area contributed by atoms with Crippen LogP contribution in [0.25, 0.3) is 0 Å². The van der Waals surface area contributed by atoms with Crippen LogP contribution in [-0.2, 0) is 24.0 Å². The van der Waals surface area contributed by atoms with E-state index in [0.29, 0.717) is 12.8 Å². The van der Waals surface area contributed by atoms with E-state index < -0.39 is 78.3 Å². The van der Waals surface area contributed by atoms with Gasteiger partial charge in [-0.05, 0) is 49.9 Å². The molecule has 2 fully saturated rings. The number of carbonyl (C=O) groups excluding carboxylic acids is 6. The highest BCUT2D eigenvalue weighted by molar-refractivity contribution is 6.38. The Kier molecular flexibility index (Phi) is 13.3. The second kappa shape index (κ2) is 16.7. The van der Waals surface area contributed by atoms with Crippen LogP contribution in [0.15, 0.2) is 18.6 Å². The van der Waals surface area contributed by atoms with Crippen molar-refractivity contribution in [2.75, 3.05) is 6.54 Å². The minimum absolute atomic E-state index is 0.0147. The van der Waals surface area contributed by atoms with Crippen molar-refractivity contribution < 1.29 is 37.5 Å². The van der Waals surface area contributed by atoms with Crippen LogP contribution in [0.5, 0.6) is 0 Å². The Hall–Kier alpha value is -4.04. The standard InChI is InChI=1S/C32H47F2N7O6/c1-7-18(6)37-31(46)27(42)21(13-23(33)34)38-30(45)26-20-10-8-9-19(20)15-41(26)32(47)25(17(4)5)40-29(44)24(16(2)3)39-28(43)22-14-35-11-12-36-22/h11-12,14,16-21,23-26H,7-10,13,15H2,1-6H3,(H,37,46)(H,38,45)(H,39,43)(H,40,44)/t18-,19-,20-,21?,24-,25-,26-/m0/s1. The number of hydrogen-bond acceptors (Lipinski definition) is 8. The molecule has 0 aromatic carbocycles. The van der Waals surface area contributed by atoms with E-state index in [4.69, 9.17) is 0 Å². The van der Waals surface area contributed by atoms with Crippen molar-refractivity contribution in [1.82, 2.24) is 36.1 Å². The van der Waals surface area contributed by atoms with Crippen LogP contribution >= 0.6 is 0 Å². The van der Waals surface area contributed by atoms with Crippen molar-refractivity contribution in [2.45, 2.75) is 110 Å². The first-order chi connectivity index (χ1) is 22.2. The fourth-order valence-corrected chi connectivity index (χ4v) is 6.19. The number of rotatable bonds is 15. The lowest BCUT2D eigenvalue weighted by atomic mass is 9.92. The number of Topliss-reactive ketones (excluding diaryl/α,β-unsaturated/α-hetero) is 1. The third-order valence-electron chi connectivity index (χ3n) is 8.96. The summed E-state index contributed by atoms with van der Waals surface area (Å²) in [5.74, 6) is -5.95. The first kappa shape index (κ1) is 37.4. The van der Waals surface area contributed by atoms with Gasteiger partial charge in [0.05, 0.1) is 6.20 Å². The third-order valence-corrected chi connectivity index (χ3v) is 8.96. The fourth-order valence-electron chi connectivity index (χ4n) is 6.19. The molecule has 5 amide bonds. The van der Waals surface area contributed by atoms with Crippen molar-refractivity contribution in [3.63, 3.8) is 0 Å². The lowest BCUT2D eigenvalue weighted by Gasteiger charge is -2.34. The van der Waals surface area contributed by atoms with Gasteiger partial charge in [0.15, 0.2) is 0 Å². The third kappa shape index (κ3) is 9.50. The van der Waals surface area contributed by atoms with Gasteiger partial charge in [-0.2, -0.15) is 0 Å². The molecule has 1 aromatic heterocycles. The molecule has 13 nitrogen and oxygen atoms in total. The SMILES string of the molecule is CC[C@H](C)NC(=O)C(=O)C(CC(F)F)NC(=O)[C@@H]1[C@H]2CCC[C@H]2CN1C(=O)[C@@H](NC(=O)[C@@H](NC(=O)c1cnccn1)C(C)C)C(C)C. The van der Waals surface area contributed by atoms with Gasteiger partial charge in [0.1, 0.15) is 29.9 Å². The first-order valence-electron chi connectivity index (χ1n) is 16.3. The molecule has 0 radical (unpaired) electrons. The zero-order valence-corrected chi connectivity index (χ0v) is 27.8. The van der Waals surface area contributed by atoms with Crippen molar-refractivity contribution in [3.8, 4) is 0 Å². The van der Waals surface area contributed by atoms with Crippen LogP contribution in [0, 0.1) is 23.7 Å². The van der Waals surface area contributed by atoms with Crippen molar-refractivity contribution in [3.05, 3.63) is 24.3 Å². The Labute approximate surface area is 273 Å². The summed E-state index contributed by atoms with van der Waals surface area (Å²) in [7, 11) is 0. The van der Waals surface area contributed by atoms with Crippen molar-refractivity contribution in [2.24, 2.45) is 23.7 Å². The number of nitrogens with one attached hydrogen (secondary N) is 4. The number of likely N-dealkylation sites (tertiary alicyclic amines) is 1. The van der Waals surface area contributed by atoms with Gasteiger partial charge in [-0.3, -0.25) is 33.8 Å². The van der Waals surface area contributed by atoms with E-state index in [2.05, 4.69) is 31.2 Å². The molecule has 1 aliphatic carbocycles. The maximum atomic E-state index is 14.1. The van der Waals surface area contributed by atoms with Gasteiger partial charge in [-0.1, -0.05) is 41.0 Å². The van der Waals surface area contributed by atoms with Crippen LogP contribution in [0.4, 0.5) is 8.78 Å². The topological polar surface area (TPSA) is 180 Å². The monoisotopic (exact) mass is 663 g/mol. The summed E-state index contributed by atoms with van der Waals surface area (Å²) in [6.07, 6.45) is 2.64. The van der Waals surface area contributed by atoms with Crippen LogP contribution in [0.3, 0.4) is 0 Å². The van der Waals surface area contributed by atoms with Crippen LogP contribution < -0.4 is 21.3 Å². The molecule has 260 valence electrons. The van der Waals surface area contributed by atoms with E-state index in [-0.39, 0.29) is 36.0 Å². The smallest absolute Gasteiger partial charge is 0.289 e. The normalized spacial score (nSPS) is 21.5. The quantitative estimate of drug-likeness (QED) is 0.205.